The van der Waals surface area contributed by atoms with Gasteiger partial charge in [-0.2, -0.15) is 0 Å². The molecular weight excluding hydrogens is 465 g/mol. The van der Waals surface area contributed by atoms with Gasteiger partial charge in [-0.25, -0.2) is 0 Å². The van der Waals surface area contributed by atoms with Crippen molar-refractivity contribution in [1.29, 1.82) is 5.26 Å². The summed E-state index contributed by atoms with van der Waals surface area (Å²) in [5.74, 6) is -0.286. The second kappa shape index (κ2) is 7.73. The number of aliphatic hydroxyl groups is 3. The van der Waals surface area contributed by atoms with Gasteiger partial charge < -0.3 is 0 Å². The van der Waals surface area contributed by atoms with Crippen LogP contribution in [0, 0.1) is 21.4 Å². The molecule has 0 saturated carbocycles. The van der Waals surface area contributed by atoms with Gasteiger partial charge in [-0.05, 0) is 0 Å². The number of fused-ring (bicyclic) bond motifs is 1. The van der Waals surface area contributed by atoms with Gasteiger partial charge >= 0.3 is 174 Å². The van der Waals surface area contributed by atoms with E-state index in [1.54, 1.807) is 7.05 Å². The van der Waals surface area contributed by atoms with Crippen LogP contribution in [-0.4, -0.2) is 84.2 Å². The summed E-state index contributed by atoms with van der Waals surface area (Å²) in [4.78, 5) is 22.9. The number of rotatable bonds is 5. The Balaban J connectivity index is 1.83. The number of imidazole rings is 1. The zero-order chi connectivity index (χ0) is 21.6. The molecule has 0 aromatic carbocycles. The second-order valence-electron chi connectivity index (χ2n) is 6.51. The SMILES string of the molecule is Cn1cnc([N+](=O)[O-])c1[Se]c1ncnc2c1c(C#N)cn2C1OC(CO)C(O)C1O. The summed E-state index contributed by atoms with van der Waals surface area (Å²) < 4.78 is 9.25. The predicted molar refractivity (Wildman–Crippen MR) is 100 cm³/mol. The van der Waals surface area contributed by atoms with Gasteiger partial charge in [0.1, 0.15) is 0 Å². The second-order valence-corrected chi connectivity index (χ2v) is 8.56. The zero-order valence-corrected chi connectivity index (χ0v) is 17.1. The number of nitrogens with zero attached hydrogens (tertiary/aromatic N) is 7. The number of hydrogen-bond acceptors (Lipinski definition) is 10. The van der Waals surface area contributed by atoms with Crippen LogP contribution in [0.3, 0.4) is 0 Å². The van der Waals surface area contributed by atoms with Crippen LogP contribution in [0.5, 0.6) is 0 Å². The van der Waals surface area contributed by atoms with Crippen molar-refractivity contribution in [2.75, 3.05) is 6.61 Å². The van der Waals surface area contributed by atoms with E-state index in [4.69, 9.17) is 4.74 Å². The summed E-state index contributed by atoms with van der Waals surface area (Å²) in [6.07, 6.45) is -0.740. The van der Waals surface area contributed by atoms with Crippen LogP contribution in [-0.2, 0) is 11.8 Å². The molecule has 13 nitrogen and oxygen atoms in total. The molecule has 3 aromatic heterocycles. The van der Waals surface area contributed by atoms with Crippen molar-refractivity contribution in [3.63, 3.8) is 0 Å². The molecule has 4 heterocycles. The Morgan fingerprint density at radius 3 is 2.77 bits per heavy atom. The van der Waals surface area contributed by atoms with Gasteiger partial charge in [0.2, 0.25) is 0 Å². The number of hydrogen-bond donors (Lipinski definition) is 3. The van der Waals surface area contributed by atoms with Crippen LogP contribution < -0.4 is 9.18 Å². The Hall–Kier alpha value is -2.92. The Morgan fingerprint density at radius 1 is 1.37 bits per heavy atom. The van der Waals surface area contributed by atoms with E-state index in [1.807, 2.05) is 6.07 Å². The molecule has 1 saturated heterocycles. The fourth-order valence-electron chi connectivity index (χ4n) is 3.26. The van der Waals surface area contributed by atoms with Gasteiger partial charge in [0.15, 0.2) is 0 Å². The molecule has 3 aromatic rings. The third kappa shape index (κ3) is 3.14. The van der Waals surface area contributed by atoms with Crippen molar-refractivity contribution in [3.8, 4) is 6.07 Å². The van der Waals surface area contributed by atoms with Gasteiger partial charge in [0.05, 0.1) is 0 Å². The van der Waals surface area contributed by atoms with Crippen molar-refractivity contribution in [3.05, 3.63) is 34.5 Å². The molecule has 1 fully saturated rings. The van der Waals surface area contributed by atoms with E-state index < -0.39 is 51.0 Å². The van der Waals surface area contributed by atoms with E-state index in [1.165, 1.54) is 28.0 Å². The first kappa shape index (κ1) is 20.4. The molecule has 1 aliphatic heterocycles. The van der Waals surface area contributed by atoms with E-state index in [0.29, 0.717) is 14.6 Å². The van der Waals surface area contributed by atoms with Gasteiger partial charge in [0, 0.05) is 0 Å². The summed E-state index contributed by atoms with van der Waals surface area (Å²) in [5.41, 5.74) is 0.447. The minimum atomic E-state index is -1.36. The molecule has 3 N–H and O–H groups in total. The maximum absolute atomic E-state index is 11.3. The molecule has 0 bridgehead atoms. The number of nitriles is 1. The van der Waals surface area contributed by atoms with Crippen molar-refractivity contribution >= 4 is 41.0 Å². The average molecular weight is 480 g/mol. The summed E-state index contributed by atoms with van der Waals surface area (Å²) in [7, 11) is 1.63. The van der Waals surface area contributed by atoms with Gasteiger partial charge in [-0.15, -0.1) is 0 Å². The Morgan fingerprint density at radius 2 is 2.13 bits per heavy atom. The molecule has 14 heteroatoms. The molecule has 0 spiro atoms. The molecule has 0 aliphatic carbocycles. The molecule has 4 rings (SSSR count). The summed E-state index contributed by atoms with van der Waals surface area (Å²) in [6, 6.07) is 2.04. The number of aliphatic hydroxyl groups excluding tert-OH is 3. The van der Waals surface area contributed by atoms with Gasteiger partial charge in [-0.3, -0.25) is 0 Å². The standard InChI is InChI=1S/C16H15N7O6Se/c1-21-6-20-13(23(27)28)16(21)30-14-9-7(2-17)3-22(12(9)18-5-19-14)15-11(26)10(25)8(4-24)29-15/h3,5-6,8,10-11,15,24-26H,4H2,1H3. The molecule has 0 radical (unpaired) electrons. The van der Waals surface area contributed by atoms with Crippen molar-refractivity contribution < 1.29 is 25.0 Å². The van der Waals surface area contributed by atoms with Crippen LogP contribution >= 0.6 is 0 Å². The summed E-state index contributed by atoms with van der Waals surface area (Å²) in [6.45, 7) is -0.494. The van der Waals surface area contributed by atoms with Crippen LogP contribution in [0.4, 0.5) is 5.82 Å². The zero-order valence-electron chi connectivity index (χ0n) is 15.4. The van der Waals surface area contributed by atoms with Crippen molar-refractivity contribution in [2.24, 2.45) is 7.05 Å². The molecular formula is C16H15N7O6Se. The molecule has 4 unspecified atom stereocenters. The third-order valence-corrected chi connectivity index (χ3v) is 7.17. The number of aromatic nitrogens is 5. The molecule has 156 valence electrons. The molecule has 1 aliphatic rings. The third-order valence-electron chi connectivity index (χ3n) is 4.72. The van der Waals surface area contributed by atoms with Crippen LogP contribution in [0.25, 0.3) is 11.0 Å². The summed E-state index contributed by atoms with van der Waals surface area (Å²) >= 11 is -0.686. The monoisotopic (exact) mass is 481 g/mol. The average Bonchev–Trinajstić information content (AvgIpc) is 3.37. The fourth-order valence-corrected chi connectivity index (χ4v) is 5.35. The first-order chi connectivity index (χ1) is 14.4. The van der Waals surface area contributed by atoms with Crippen LogP contribution in [0.1, 0.15) is 11.8 Å². The quantitative estimate of drug-likeness (QED) is 0.196. The number of nitro groups is 1. The fraction of sp³-hybridized carbons (Fsp3) is 0.375. The molecule has 4 atom stereocenters. The van der Waals surface area contributed by atoms with Gasteiger partial charge in [0.25, 0.3) is 0 Å². The van der Waals surface area contributed by atoms with E-state index in [-0.39, 0.29) is 17.0 Å². The minimum absolute atomic E-state index is 0.185. The molecule has 0 amide bonds. The number of aryl methyl sites for hydroxylation is 1. The Kier molecular flexibility index (Phi) is 5.24. The summed E-state index contributed by atoms with van der Waals surface area (Å²) in [5, 5.41) is 51.0. The Labute approximate surface area is 174 Å². The van der Waals surface area contributed by atoms with Gasteiger partial charge in [-0.1, -0.05) is 0 Å². The number of ether oxygens (including phenoxy) is 1. The Bertz CT molecular complexity index is 1170. The normalized spacial score (nSPS) is 23.7. The van der Waals surface area contributed by atoms with Crippen molar-refractivity contribution in [2.45, 2.75) is 24.5 Å². The first-order valence-corrected chi connectivity index (χ1v) is 10.3. The van der Waals surface area contributed by atoms with E-state index >= 15 is 0 Å². The maximum atomic E-state index is 11.3. The van der Waals surface area contributed by atoms with Crippen LogP contribution in [0.15, 0.2) is 18.9 Å². The predicted octanol–water partition coefficient (Wildman–Crippen LogP) is -2.79. The van der Waals surface area contributed by atoms with Crippen LogP contribution in [0.2, 0.25) is 0 Å². The molecule has 30 heavy (non-hydrogen) atoms. The van der Waals surface area contributed by atoms with E-state index in [9.17, 15) is 30.7 Å². The first-order valence-electron chi connectivity index (χ1n) is 8.59. The van der Waals surface area contributed by atoms with Crippen molar-refractivity contribution in [1.82, 2.24) is 24.1 Å². The topological polar surface area (TPSA) is 185 Å². The van der Waals surface area contributed by atoms with E-state index in [2.05, 4.69) is 15.0 Å². The van der Waals surface area contributed by atoms with E-state index in [0.717, 1.165) is 0 Å².